The minimum absolute atomic E-state index is 0. The number of benzene rings is 16. The number of hydrogen-bond acceptors (Lipinski definition) is 9. The van der Waals surface area contributed by atoms with Gasteiger partial charge in [0, 0.05) is 154 Å². The Kier molecular flexibility index (Phi) is 20.8. The van der Waals surface area contributed by atoms with Gasteiger partial charge in [0.1, 0.15) is 16.9 Å². The van der Waals surface area contributed by atoms with E-state index < -0.39 is 0 Å². The van der Waals surface area contributed by atoms with Crippen molar-refractivity contribution in [2.24, 2.45) is 0 Å². The molecule has 0 saturated heterocycles. The molecule has 0 aliphatic heterocycles. The molecule has 0 aliphatic carbocycles. The number of pyridine rings is 6. The summed E-state index contributed by atoms with van der Waals surface area (Å²) >= 11 is 0. The Morgan fingerprint density at radius 2 is 0.559 bits per heavy atom. The summed E-state index contributed by atoms with van der Waals surface area (Å²) in [5.41, 5.74) is 28.3. The molecule has 694 valence electrons. The number of nitrogens with zero attached hydrogens (tertiary/aromatic N) is 12. The van der Waals surface area contributed by atoms with Crippen molar-refractivity contribution in [3.8, 4) is 79.4 Å². The van der Waals surface area contributed by atoms with Gasteiger partial charge in [-0.25, -0.2) is 15.0 Å². The summed E-state index contributed by atoms with van der Waals surface area (Å²) in [7, 11) is 0. The summed E-state index contributed by atoms with van der Waals surface area (Å²) in [6.45, 7) is 13.2. The first-order chi connectivity index (χ1) is 69.8. The molecule has 0 radical (unpaired) electrons. The molecular weight excluding hydrogens is 2330 g/mol. The molecule has 31 rings (SSSR count). The third-order valence-electron chi connectivity index (χ3n) is 28.8. The molecule has 15 heterocycles. The number of fused-ring (bicyclic) bond motifs is 36. The first-order valence-corrected chi connectivity index (χ1v) is 47.8. The van der Waals surface area contributed by atoms with Crippen LogP contribution >= 0.6 is 0 Å². The monoisotopic (exact) mass is 2400 g/mol. The zero-order valence-electron chi connectivity index (χ0n) is 78.7. The second-order valence-corrected chi connectivity index (χ2v) is 38.1. The van der Waals surface area contributed by atoms with Crippen molar-refractivity contribution in [1.29, 1.82) is 0 Å². The Morgan fingerprint density at radius 3 is 0.972 bits per heavy atom. The fourth-order valence-electron chi connectivity index (χ4n) is 22.5. The van der Waals surface area contributed by atoms with Crippen molar-refractivity contribution in [3.05, 3.63) is 423 Å². The maximum atomic E-state index is 6.58. The van der Waals surface area contributed by atoms with Crippen molar-refractivity contribution in [3.63, 3.8) is 0 Å². The van der Waals surface area contributed by atoms with Crippen LogP contribution in [0.3, 0.4) is 0 Å². The van der Waals surface area contributed by atoms with Gasteiger partial charge < -0.3 is 40.6 Å². The van der Waals surface area contributed by atoms with E-state index in [1.165, 1.54) is 82.1 Å². The number of para-hydroxylation sites is 6. The number of rotatable bonds is 10. The average Bonchev–Trinajstić information content (AvgIpc) is 1.55. The van der Waals surface area contributed by atoms with Crippen LogP contribution in [-0.4, -0.2) is 56.3 Å². The van der Waals surface area contributed by atoms with Crippen molar-refractivity contribution in [2.75, 3.05) is 0 Å². The van der Waals surface area contributed by atoms with Crippen molar-refractivity contribution < 1.29 is 77.4 Å². The largest absolute Gasteiger partial charge is 2.00 e. The van der Waals surface area contributed by atoms with Crippen molar-refractivity contribution in [1.82, 2.24) is 56.3 Å². The molecule has 145 heavy (non-hydrogen) atoms. The van der Waals surface area contributed by atoms with E-state index in [-0.39, 0.29) is 68.6 Å². The summed E-state index contributed by atoms with van der Waals surface area (Å²) in [6, 6.07) is 135. The van der Waals surface area contributed by atoms with Crippen LogP contribution < -0.4 is 14.2 Å². The molecule has 0 N–H and O–H groups in total. The fourth-order valence-corrected chi connectivity index (χ4v) is 22.5. The van der Waals surface area contributed by atoms with Gasteiger partial charge in [0.15, 0.2) is 0 Å². The quantitative estimate of drug-likeness (QED) is 0.0970. The van der Waals surface area contributed by atoms with E-state index in [0.717, 1.165) is 182 Å². The first-order valence-electron chi connectivity index (χ1n) is 47.8. The molecule has 0 spiro atoms. The predicted octanol–water partition coefficient (Wildman–Crippen LogP) is 31.6. The van der Waals surface area contributed by atoms with Crippen LogP contribution in [0.4, 0.5) is 0 Å². The average molecular weight is 2410 g/mol. The van der Waals surface area contributed by atoms with Crippen LogP contribution in [0.25, 0.3) is 242 Å². The maximum Gasteiger partial charge on any atom is 2.00 e. The van der Waals surface area contributed by atoms with Crippen LogP contribution in [0, 0.1) is 57.2 Å². The van der Waals surface area contributed by atoms with Crippen LogP contribution in [0.5, 0.6) is 34.5 Å². The van der Waals surface area contributed by atoms with Crippen molar-refractivity contribution in [2.45, 2.75) is 47.0 Å². The third-order valence-corrected chi connectivity index (χ3v) is 28.8. The van der Waals surface area contributed by atoms with E-state index in [9.17, 15) is 0 Å². The van der Waals surface area contributed by atoms with Gasteiger partial charge in [0.25, 0.3) is 0 Å². The zero-order valence-corrected chi connectivity index (χ0v) is 85.5. The van der Waals surface area contributed by atoms with Crippen LogP contribution in [0.2, 0.25) is 0 Å². The summed E-state index contributed by atoms with van der Waals surface area (Å²) in [6.07, 6.45) is 12.1. The Hall–Kier alpha value is -16.5. The maximum absolute atomic E-state index is 6.58. The van der Waals surface area contributed by atoms with Gasteiger partial charge in [-0.15, -0.1) is 89.0 Å². The molecule has 0 amide bonds. The summed E-state index contributed by atoms with van der Waals surface area (Å²) < 4.78 is 32.9. The molecule has 15 aromatic heterocycles. The number of hydrogen-bond donors (Lipinski definition) is 0. The fraction of sp³-hybridized carbons (Fsp3) is 0.0551. The van der Waals surface area contributed by atoms with E-state index in [1.807, 2.05) is 61.1 Å². The van der Waals surface area contributed by atoms with Crippen LogP contribution in [0.1, 0.15) is 43.0 Å². The first kappa shape index (κ1) is 88.6. The molecule has 16 aromatic carbocycles. The molecule has 31 aromatic rings. The Morgan fingerprint density at radius 1 is 0.241 bits per heavy atom. The topological polar surface area (TPSA) is 131 Å². The van der Waals surface area contributed by atoms with Gasteiger partial charge >= 0.3 is 63.2 Å². The summed E-state index contributed by atoms with van der Waals surface area (Å²) in [5, 5.41) is 23.4. The summed E-state index contributed by atoms with van der Waals surface area (Å²) in [5.74, 6) is 3.69. The van der Waals surface area contributed by atoms with Gasteiger partial charge in [-0.3, -0.25) is 15.0 Å². The number of ether oxygens (including phenoxy) is 3. The van der Waals surface area contributed by atoms with Gasteiger partial charge in [-0.05, 0) is 134 Å². The Bertz CT molecular complexity index is 10800. The minimum Gasteiger partial charge on any atom is -0.503 e. The zero-order chi connectivity index (χ0) is 94.2. The van der Waals surface area contributed by atoms with Crippen LogP contribution in [0.15, 0.2) is 365 Å². The molecule has 0 unspecified atom stereocenters. The molecular formula is C127H78N12O3Pt3. The normalized spacial score (nSPS) is 12.0. The smallest absolute Gasteiger partial charge is 0.503 e. The third kappa shape index (κ3) is 13.7. The van der Waals surface area contributed by atoms with E-state index in [2.05, 4.69) is 408 Å². The number of imidazole rings is 3. The molecule has 0 bridgehead atoms. The van der Waals surface area contributed by atoms with Gasteiger partial charge in [0.2, 0.25) is 0 Å². The van der Waals surface area contributed by atoms with Crippen molar-refractivity contribution >= 4 is 197 Å². The molecule has 0 saturated carbocycles. The van der Waals surface area contributed by atoms with Gasteiger partial charge in [-0.1, -0.05) is 300 Å². The Balaban J connectivity index is 0.000000110. The SMILES string of the molecule is Cc1ccccc1-c1cn2c3ccccc3c3ccc(Oc4[c-]c5c(cc4)c4cccc6c7c(-c8ccccc8)ccnc7n5c46)[c-]c3c2n1.Cc1ccccc1-c1cn2c3ccccc3c3ccc(Oc4[c-]c5c(cc4)c4cccc6c7c(C(C)(C)C)ccnc7n5c46)[c-]c3c2n1.Cc1ccccc1-c1cn2c3ccccc3c3ccc(Oc4[c-]c5c(cc4)c4cccc6c7cccnc7n5c46)[c-]c3c2n1.[Pt+2].[Pt+2].[Pt+2]. The second kappa shape index (κ2) is 34.1. The summed E-state index contributed by atoms with van der Waals surface area (Å²) in [4.78, 5) is 30.1. The Labute approximate surface area is 872 Å². The second-order valence-electron chi connectivity index (χ2n) is 38.1. The van der Waals surface area contributed by atoms with E-state index >= 15 is 0 Å². The molecule has 0 fully saturated rings. The molecule has 15 nitrogen and oxygen atoms in total. The predicted molar refractivity (Wildman–Crippen MR) is 575 cm³/mol. The molecule has 0 aliphatic rings. The minimum atomic E-state index is -0.0226. The van der Waals surface area contributed by atoms with Gasteiger partial charge in [-0.2, -0.15) is 18.2 Å². The van der Waals surface area contributed by atoms with E-state index in [4.69, 9.17) is 44.1 Å². The molecule has 0 atom stereocenters. The molecule has 18 heteroatoms. The van der Waals surface area contributed by atoms with Crippen LogP contribution in [-0.2, 0) is 68.6 Å². The number of aryl methyl sites for hydroxylation is 3. The van der Waals surface area contributed by atoms with Gasteiger partial charge in [0.05, 0.1) is 34.0 Å². The van der Waals surface area contributed by atoms with E-state index in [0.29, 0.717) is 34.5 Å². The van der Waals surface area contributed by atoms with E-state index in [1.54, 1.807) is 0 Å². The number of aromatic nitrogens is 12. The standard InChI is InChI=1S/C45H26N4O.C43H30N4O.C39H22N4O.3Pt/c1-27-10-5-6-13-31(27)39-26-48-40-17-8-7-14-34(40)33-20-18-29(24-38(33)44(48)47-39)50-30-19-21-35-36-15-9-16-37-42-32(28-11-3-2-4-12-28)22-23-46-45(42)49(43(36)37)41(35)25-30;1-25-10-5-6-11-28(25)36-24-46-37-15-8-7-12-30(37)29-18-16-26(22-34(29)41(46)45-36)48-27-17-19-31-32-13-9-14-33-39-35(43(2,3)4)20-21-44-42(39)47(40(32)33)38(31)23-27;1-23-8-2-3-9-26(23)34-22-42-35-14-5-4-10-28(35)27-17-15-24(20-33(27)39(42)41-34)44-25-16-18-29-30-11-6-12-31-32-13-7-19-40-38(32)43(37(30)31)36(29)21-25;;;/h2-23,26H,1H3;5-21,24H,1-4H3;2-19,22H,1H3;;;/q3*-2;3*+2.